The molecular formula is C33H32F4N6O6. The minimum atomic E-state index is -4.95. The largest absolute Gasteiger partial charge is 0.480 e. The Hall–Kier alpha value is -5.35. The average molecular weight is 685 g/mol. The Bertz CT molecular complexity index is 2000. The fourth-order valence-electron chi connectivity index (χ4n) is 6.09. The number of nitro groups is 1. The number of anilines is 1. The molecule has 0 amide bonds. The van der Waals surface area contributed by atoms with Gasteiger partial charge in [0.25, 0.3) is 11.2 Å². The lowest BCUT2D eigenvalue weighted by molar-refractivity contribution is -0.384. The molecule has 0 aliphatic carbocycles. The molecule has 1 aliphatic heterocycles. The number of hydrogen-bond donors (Lipinski definition) is 2. The molecule has 1 aliphatic rings. The first-order chi connectivity index (χ1) is 23.2. The number of nitrogens with two attached hydrogens (primary N) is 1. The zero-order valence-electron chi connectivity index (χ0n) is 26.1. The van der Waals surface area contributed by atoms with Gasteiger partial charge in [0.1, 0.15) is 17.5 Å². The number of carbonyl (C=O) groups is 1. The van der Waals surface area contributed by atoms with Crippen molar-refractivity contribution in [2.45, 2.75) is 44.8 Å². The number of alkyl halides is 3. The number of piperazine rings is 1. The Morgan fingerprint density at radius 1 is 1.02 bits per heavy atom. The molecule has 16 heteroatoms. The molecule has 0 bridgehead atoms. The number of carboxylic acid groups (broad SMARTS) is 1. The van der Waals surface area contributed by atoms with Crippen LogP contribution in [-0.2, 0) is 30.6 Å². The van der Waals surface area contributed by atoms with Crippen LogP contribution in [0.1, 0.15) is 34.0 Å². The van der Waals surface area contributed by atoms with Gasteiger partial charge in [0, 0.05) is 55.6 Å². The highest BCUT2D eigenvalue weighted by Gasteiger charge is 2.37. The number of rotatable bonds is 10. The monoisotopic (exact) mass is 684 g/mol. The van der Waals surface area contributed by atoms with Crippen molar-refractivity contribution in [3.05, 3.63) is 138 Å². The van der Waals surface area contributed by atoms with Crippen LogP contribution in [0.15, 0.2) is 82.4 Å². The van der Waals surface area contributed by atoms with Crippen molar-refractivity contribution in [3.63, 3.8) is 0 Å². The highest BCUT2D eigenvalue weighted by molar-refractivity contribution is 5.75. The second-order valence-corrected chi connectivity index (χ2v) is 11.7. The van der Waals surface area contributed by atoms with Crippen molar-refractivity contribution in [1.82, 2.24) is 14.0 Å². The number of non-ortho nitro benzene ring substituents is 1. The van der Waals surface area contributed by atoms with E-state index in [0.29, 0.717) is 17.2 Å². The van der Waals surface area contributed by atoms with E-state index in [1.54, 1.807) is 41.3 Å². The maximum atomic E-state index is 15.0. The number of halogens is 4. The Morgan fingerprint density at radius 2 is 1.71 bits per heavy atom. The fraction of sp³-hybridized carbons (Fsp3) is 0.303. The summed E-state index contributed by atoms with van der Waals surface area (Å²) in [6, 6.07) is 14.5. The van der Waals surface area contributed by atoms with E-state index < -0.39 is 63.9 Å². The Labute approximate surface area is 276 Å². The minimum absolute atomic E-state index is 0.0363. The topological polar surface area (TPSA) is 157 Å². The summed E-state index contributed by atoms with van der Waals surface area (Å²) in [5.41, 5.74) is 3.05. The molecule has 49 heavy (non-hydrogen) atoms. The number of aliphatic carboxylic acids is 1. The number of hydrogen-bond acceptors (Lipinski definition) is 8. The van der Waals surface area contributed by atoms with Gasteiger partial charge in [-0.3, -0.25) is 33.7 Å². The molecule has 12 nitrogen and oxygen atoms in total. The summed E-state index contributed by atoms with van der Waals surface area (Å²) >= 11 is 0. The maximum Gasteiger partial charge on any atom is 0.416 e. The fourth-order valence-corrected chi connectivity index (χ4v) is 6.09. The van der Waals surface area contributed by atoms with Gasteiger partial charge in [-0.25, -0.2) is 9.18 Å². The predicted octanol–water partition coefficient (Wildman–Crippen LogP) is 3.91. The lowest BCUT2D eigenvalue weighted by atomic mass is 10.1. The summed E-state index contributed by atoms with van der Waals surface area (Å²) in [6.45, 7) is -0.0645. The molecule has 0 saturated carbocycles. The average Bonchev–Trinajstić information content (AvgIpc) is 3.06. The van der Waals surface area contributed by atoms with E-state index in [-0.39, 0.29) is 49.8 Å². The van der Waals surface area contributed by atoms with E-state index >= 15 is 4.39 Å². The Kier molecular flexibility index (Phi) is 10.0. The number of benzene rings is 3. The zero-order chi connectivity index (χ0) is 35.6. The summed E-state index contributed by atoms with van der Waals surface area (Å²) < 4.78 is 58.5. The van der Waals surface area contributed by atoms with Crippen molar-refractivity contribution >= 4 is 17.3 Å². The van der Waals surface area contributed by atoms with Crippen molar-refractivity contribution in [1.29, 1.82) is 0 Å². The molecule has 1 aromatic heterocycles. The molecule has 5 rings (SSSR count). The second-order valence-electron chi connectivity index (χ2n) is 11.7. The van der Waals surface area contributed by atoms with Gasteiger partial charge in [-0.15, -0.1) is 0 Å². The van der Waals surface area contributed by atoms with Gasteiger partial charge in [0.15, 0.2) is 0 Å². The molecule has 1 fully saturated rings. The van der Waals surface area contributed by atoms with E-state index in [2.05, 4.69) is 0 Å². The number of nitro benzene ring substituents is 1. The van der Waals surface area contributed by atoms with Gasteiger partial charge in [0.2, 0.25) is 0 Å². The van der Waals surface area contributed by atoms with E-state index in [1.165, 1.54) is 30.0 Å². The first-order valence-electron chi connectivity index (χ1n) is 15.1. The molecule has 2 atom stereocenters. The molecule has 0 spiro atoms. The molecule has 1 unspecified atom stereocenters. The third kappa shape index (κ3) is 7.39. The Morgan fingerprint density at radius 3 is 2.37 bits per heavy atom. The molecule has 2 heterocycles. The van der Waals surface area contributed by atoms with Crippen LogP contribution in [0.3, 0.4) is 0 Å². The number of carboxylic acids is 1. The van der Waals surface area contributed by atoms with E-state index in [4.69, 9.17) is 5.73 Å². The normalized spacial score (nSPS) is 16.0. The first kappa shape index (κ1) is 35.0. The van der Waals surface area contributed by atoms with Gasteiger partial charge in [-0.1, -0.05) is 48.5 Å². The van der Waals surface area contributed by atoms with Crippen molar-refractivity contribution in [2.75, 3.05) is 24.5 Å². The molecule has 0 radical (unpaired) electrons. The van der Waals surface area contributed by atoms with Crippen molar-refractivity contribution in [2.24, 2.45) is 5.73 Å². The van der Waals surface area contributed by atoms with Crippen LogP contribution >= 0.6 is 0 Å². The molecule has 1 saturated heterocycles. The van der Waals surface area contributed by atoms with Crippen LogP contribution in [0.25, 0.3) is 0 Å². The van der Waals surface area contributed by atoms with Gasteiger partial charge in [-0.2, -0.15) is 13.2 Å². The highest BCUT2D eigenvalue weighted by atomic mass is 19.4. The van der Waals surface area contributed by atoms with Gasteiger partial charge in [-0.05, 0) is 30.2 Å². The van der Waals surface area contributed by atoms with Gasteiger partial charge in [0.05, 0.1) is 23.6 Å². The number of nitrogens with zero attached hydrogens (tertiary/aromatic N) is 5. The molecule has 4 aromatic rings. The van der Waals surface area contributed by atoms with Crippen LogP contribution in [0.2, 0.25) is 0 Å². The third-order valence-corrected chi connectivity index (χ3v) is 8.60. The van der Waals surface area contributed by atoms with E-state index in [9.17, 15) is 42.8 Å². The van der Waals surface area contributed by atoms with Crippen LogP contribution in [0, 0.1) is 22.9 Å². The van der Waals surface area contributed by atoms with Crippen LogP contribution in [0.5, 0.6) is 0 Å². The first-order valence-corrected chi connectivity index (χ1v) is 15.1. The summed E-state index contributed by atoms with van der Waals surface area (Å²) in [7, 11) is 0. The van der Waals surface area contributed by atoms with Gasteiger partial charge < -0.3 is 15.7 Å². The lowest BCUT2D eigenvalue weighted by Gasteiger charge is -2.40. The molecule has 258 valence electrons. The Balaban J connectivity index is 1.59. The second kappa shape index (κ2) is 14.0. The number of aromatic nitrogens is 2. The SMILES string of the molecule is Cc1c(N2CCN(Cc3cccc([N+](=O)[O-])c3)C(C(=O)O)C2)c(=O)n(C[C@H](N)c2ccccc2)c(=O)n1Cc1c(F)cccc1C(F)(F)F. The van der Waals surface area contributed by atoms with Crippen LogP contribution in [0.4, 0.5) is 28.9 Å². The summed E-state index contributed by atoms with van der Waals surface area (Å²) in [4.78, 5) is 54.2. The zero-order valence-corrected chi connectivity index (χ0v) is 26.1. The maximum absolute atomic E-state index is 15.0. The minimum Gasteiger partial charge on any atom is -0.480 e. The molecular weight excluding hydrogens is 652 g/mol. The van der Waals surface area contributed by atoms with Crippen LogP contribution in [-0.4, -0.2) is 55.7 Å². The van der Waals surface area contributed by atoms with Crippen LogP contribution < -0.4 is 21.9 Å². The molecule has 3 aromatic carbocycles. The third-order valence-electron chi connectivity index (χ3n) is 8.60. The smallest absolute Gasteiger partial charge is 0.416 e. The summed E-state index contributed by atoms with van der Waals surface area (Å²) in [5, 5.41) is 21.4. The van der Waals surface area contributed by atoms with Crippen molar-refractivity contribution < 1.29 is 32.4 Å². The lowest BCUT2D eigenvalue weighted by Crippen LogP contribution is -2.58. The predicted molar refractivity (Wildman–Crippen MR) is 171 cm³/mol. The van der Waals surface area contributed by atoms with E-state index in [0.717, 1.165) is 21.3 Å². The van der Waals surface area contributed by atoms with Gasteiger partial charge >= 0.3 is 17.8 Å². The van der Waals surface area contributed by atoms with E-state index in [1.807, 2.05) is 0 Å². The standard InChI is InChI=1S/C33H32F4N6O6/c1-20-29(40-14-13-39(28(19-40)31(45)46)16-21-7-5-10-23(15-21)43(48)49)30(44)42(18-27(38)22-8-3-2-4-9-22)32(47)41(20)17-24-25(33(35,36)37)11-6-12-26(24)34/h2-12,15,27-28H,13-14,16-19,38H2,1H3,(H,45,46)/t27-,28?/m0/s1. The van der Waals surface area contributed by atoms with Crippen molar-refractivity contribution in [3.8, 4) is 0 Å². The highest BCUT2D eigenvalue weighted by Crippen LogP contribution is 2.34. The molecule has 3 N–H and O–H groups in total. The summed E-state index contributed by atoms with van der Waals surface area (Å²) in [5.74, 6) is -2.46. The summed E-state index contributed by atoms with van der Waals surface area (Å²) in [6.07, 6.45) is -4.95. The quantitative estimate of drug-likeness (QED) is 0.144.